The third-order valence-corrected chi connectivity index (χ3v) is 2.94. The lowest BCUT2D eigenvalue weighted by atomic mass is 10.2. The first-order valence-electron chi connectivity index (χ1n) is 6.51. The third-order valence-electron chi connectivity index (χ3n) is 2.94. The molecule has 7 nitrogen and oxygen atoms in total. The van der Waals surface area contributed by atoms with Crippen molar-refractivity contribution in [2.75, 3.05) is 12.3 Å². The van der Waals surface area contributed by atoms with Crippen molar-refractivity contribution in [1.82, 2.24) is 19.9 Å². The minimum atomic E-state index is -0.325. The number of anilines is 1. The summed E-state index contributed by atoms with van der Waals surface area (Å²) in [5.41, 5.74) is 6.23. The monoisotopic (exact) mass is 287 g/mol. The summed E-state index contributed by atoms with van der Waals surface area (Å²) in [5, 5.41) is 3.09. The second kappa shape index (κ2) is 5.71. The van der Waals surface area contributed by atoms with Gasteiger partial charge >= 0.3 is 0 Å². The van der Waals surface area contributed by atoms with Gasteiger partial charge in [0, 0.05) is 19.2 Å². The molecule has 0 spiro atoms. The quantitative estimate of drug-likeness (QED) is 0.674. The van der Waals surface area contributed by atoms with E-state index in [0.717, 1.165) is 0 Å². The molecule has 21 heavy (non-hydrogen) atoms. The van der Waals surface area contributed by atoms with Crippen molar-refractivity contribution < 1.29 is 4.79 Å². The summed E-state index contributed by atoms with van der Waals surface area (Å²) in [7, 11) is 1.76. The van der Waals surface area contributed by atoms with Gasteiger partial charge in [0.25, 0.3) is 5.56 Å². The fourth-order valence-corrected chi connectivity index (χ4v) is 1.87. The number of H-pyrrole nitrogens is 1. The van der Waals surface area contributed by atoms with Gasteiger partial charge in [-0.25, -0.2) is 0 Å². The standard InChI is InChI=1S/C14H17N5O2/c1-8(2)12(20)16-6-4-5-9-7-19(3)11-10(9)13(21)18-14(15)17-11/h7-8H,6H2,1-3H3,(H,16,20)(H3,15,17,18,21). The highest BCUT2D eigenvalue weighted by molar-refractivity contribution is 5.83. The highest BCUT2D eigenvalue weighted by Gasteiger charge is 2.11. The van der Waals surface area contributed by atoms with E-state index in [1.807, 2.05) is 13.8 Å². The molecule has 110 valence electrons. The average molecular weight is 287 g/mol. The lowest BCUT2D eigenvalue weighted by molar-refractivity contribution is -0.123. The van der Waals surface area contributed by atoms with Gasteiger partial charge in [0.15, 0.2) is 5.65 Å². The minimum absolute atomic E-state index is 0.0606. The molecule has 0 radical (unpaired) electrons. The van der Waals surface area contributed by atoms with Crippen LogP contribution in [-0.4, -0.2) is 27.0 Å². The Hall–Kier alpha value is -2.75. The number of hydrogen-bond donors (Lipinski definition) is 3. The fraction of sp³-hybridized carbons (Fsp3) is 0.357. The van der Waals surface area contributed by atoms with Crippen LogP contribution in [0.4, 0.5) is 5.95 Å². The molecule has 0 bridgehead atoms. The van der Waals surface area contributed by atoms with Gasteiger partial charge in [0.05, 0.1) is 17.5 Å². The molecule has 7 heteroatoms. The molecule has 0 aliphatic carbocycles. The SMILES string of the molecule is CC(C)C(=O)NCC#Cc1cn(C)c2nc(N)[nH]c(=O)c12. The number of aromatic nitrogens is 3. The van der Waals surface area contributed by atoms with Crippen LogP contribution in [0.25, 0.3) is 11.0 Å². The van der Waals surface area contributed by atoms with Crippen molar-refractivity contribution in [3.05, 3.63) is 22.1 Å². The van der Waals surface area contributed by atoms with E-state index < -0.39 is 0 Å². The largest absolute Gasteiger partial charge is 0.369 e. The van der Waals surface area contributed by atoms with Crippen LogP contribution >= 0.6 is 0 Å². The predicted molar refractivity (Wildman–Crippen MR) is 80.5 cm³/mol. The molecule has 2 aromatic rings. The molecule has 2 heterocycles. The van der Waals surface area contributed by atoms with Gasteiger partial charge in [-0.15, -0.1) is 0 Å². The number of carbonyl (C=O) groups excluding carboxylic acids is 1. The number of aryl methyl sites for hydroxylation is 1. The van der Waals surface area contributed by atoms with Gasteiger partial charge in [-0.3, -0.25) is 14.6 Å². The predicted octanol–water partition coefficient (Wildman–Crippen LogP) is -0.0325. The van der Waals surface area contributed by atoms with Gasteiger partial charge in [-0.2, -0.15) is 4.98 Å². The molecular weight excluding hydrogens is 270 g/mol. The van der Waals surface area contributed by atoms with Crippen LogP contribution in [0.15, 0.2) is 11.0 Å². The van der Waals surface area contributed by atoms with Crippen LogP contribution in [0.2, 0.25) is 0 Å². The second-order valence-corrected chi connectivity index (χ2v) is 4.98. The Morgan fingerprint density at radius 2 is 2.29 bits per heavy atom. The summed E-state index contributed by atoms with van der Waals surface area (Å²) >= 11 is 0. The zero-order valence-electron chi connectivity index (χ0n) is 12.2. The van der Waals surface area contributed by atoms with Crippen LogP contribution in [0.5, 0.6) is 0 Å². The van der Waals surface area contributed by atoms with E-state index in [1.165, 1.54) is 0 Å². The zero-order valence-corrected chi connectivity index (χ0v) is 12.2. The number of nitrogen functional groups attached to an aromatic ring is 1. The lowest BCUT2D eigenvalue weighted by Gasteiger charge is -2.02. The van der Waals surface area contributed by atoms with Crippen LogP contribution in [0, 0.1) is 17.8 Å². The number of amides is 1. The number of carbonyl (C=O) groups is 1. The highest BCUT2D eigenvalue weighted by atomic mass is 16.1. The fourth-order valence-electron chi connectivity index (χ4n) is 1.87. The maximum absolute atomic E-state index is 11.9. The van der Waals surface area contributed by atoms with Crippen molar-refractivity contribution in [3.8, 4) is 11.8 Å². The first-order chi connectivity index (χ1) is 9.90. The Kier molecular flexibility index (Phi) is 3.98. The minimum Gasteiger partial charge on any atom is -0.369 e. The Labute approximate surface area is 121 Å². The summed E-state index contributed by atoms with van der Waals surface area (Å²) in [6.07, 6.45) is 1.71. The Bertz CT molecular complexity index is 804. The smallest absolute Gasteiger partial charge is 0.263 e. The van der Waals surface area contributed by atoms with E-state index >= 15 is 0 Å². The topological polar surface area (TPSA) is 106 Å². The second-order valence-electron chi connectivity index (χ2n) is 4.98. The van der Waals surface area contributed by atoms with E-state index in [-0.39, 0.29) is 29.9 Å². The molecule has 2 aromatic heterocycles. The van der Waals surface area contributed by atoms with E-state index in [0.29, 0.717) is 16.6 Å². The summed E-state index contributed by atoms with van der Waals surface area (Å²) in [4.78, 5) is 29.9. The molecule has 0 aliphatic rings. The Morgan fingerprint density at radius 3 is 2.95 bits per heavy atom. The van der Waals surface area contributed by atoms with Crippen LogP contribution < -0.4 is 16.6 Å². The van der Waals surface area contributed by atoms with Gasteiger partial charge in [-0.05, 0) is 0 Å². The molecule has 0 aliphatic heterocycles. The van der Waals surface area contributed by atoms with Gasteiger partial charge in [0.2, 0.25) is 11.9 Å². The molecule has 0 unspecified atom stereocenters. The molecule has 0 fully saturated rings. The van der Waals surface area contributed by atoms with Gasteiger partial charge in [-0.1, -0.05) is 25.7 Å². The molecule has 1 amide bonds. The van der Waals surface area contributed by atoms with Gasteiger partial charge < -0.3 is 15.6 Å². The first-order valence-corrected chi connectivity index (χ1v) is 6.51. The van der Waals surface area contributed by atoms with E-state index in [4.69, 9.17) is 5.73 Å². The van der Waals surface area contributed by atoms with Crippen LogP contribution in [0.3, 0.4) is 0 Å². The summed E-state index contributed by atoms with van der Waals surface area (Å²) in [6, 6.07) is 0. The molecule has 4 N–H and O–H groups in total. The summed E-state index contributed by atoms with van der Waals surface area (Å²) in [6.45, 7) is 3.85. The van der Waals surface area contributed by atoms with Crippen molar-refractivity contribution in [2.45, 2.75) is 13.8 Å². The molecule has 0 saturated carbocycles. The molecule has 0 atom stereocenters. The number of fused-ring (bicyclic) bond motifs is 1. The number of nitrogens with one attached hydrogen (secondary N) is 2. The van der Waals surface area contributed by atoms with Crippen molar-refractivity contribution >= 4 is 22.9 Å². The van der Waals surface area contributed by atoms with E-state index in [2.05, 4.69) is 27.1 Å². The molecule has 2 rings (SSSR count). The van der Waals surface area contributed by atoms with E-state index in [1.54, 1.807) is 17.8 Å². The Morgan fingerprint density at radius 1 is 1.57 bits per heavy atom. The van der Waals surface area contributed by atoms with Crippen molar-refractivity contribution in [2.24, 2.45) is 13.0 Å². The molecule has 0 aromatic carbocycles. The number of nitrogens with two attached hydrogens (primary N) is 1. The molecule has 0 saturated heterocycles. The third kappa shape index (κ3) is 3.05. The molecular formula is C14H17N5O2. The van der Waals surface area contributed by atoms with Crippen molar-refractivity contribution in [3.63, 3.8) is 0 Å². The highest BCUT2D eigenvalue weighted by Crippen LogP contribution is 2.14. The van der Waals surface area contributed by atoms with Crippen LogP contribution in [0.1, 0.15) is 19.4 Å². The normalized spacial score (nSPS) is 10.5. The number of rotatable bonds is 2. The number of aromatic amines is 1. The Balaban J connectivity index is 2.29. The van der Waals surface area contributed by atoms with E-state index in [9.17, 15) is 9.59 Å². The number of hydrogen-bond acceptors (Lipinski definition) is 4. The zero-order chi connectivity index (χ0) is 15.6. The van der Waals surface area contributed by atoms with Gasteiger partial charge in [0.1, 0.15) is 0 Å². The lowest BCUT2D eigenvalue weighted by Crippen LogP contribution is -2.27. The maximum atomic E-state index is 11.9. The summed E-state index contributed by atoms with van der Waals surface area (Å²) in [5.74, 6) is 5.63. The van der Waals surface area contributed by atoms with Crippen LogP contribution in [-0.2, 0) is 11.8 Å². The average Bonchev–Trinajstić information content (AvgIpc) is 2.71. The maximum Gasteiger partial charge on any atom is 0.263 e. The summed E-state index contributed by atoms with van der Waals surface area (Å²) < 4.78 is 1.69. The first kappa shape index (κ1) is 14.7. The van der Waals surface area contributed by atoms with Crippen molar-refractivity contribution in [1.29, 1.82) is 0 Å². The number of nitrogens with zero attached hydrogens (tertiary/aromatic N) is 2.